The van der Waals surface area contributed by atoms with Crippen LogP contribution in [0.1, 0.15) is 50.1 Å². The van der Waals surface area contributed by atoms with Crippen molar-refractivity contribution >= 4 is 0 Å². The van der Waals surface area contributed by atoms with Gasteiger partial charge in [-0.05, 0) is 50.5 Å². The molecule has 1 saturated carbocycles. The zero-order valence-electron chi connectivity index (χ0n) is 12.6. The lowest BCUT2D eigenvalue weighted by atomic mass is 9.83. The van der Waals surface area contributed by atoms with E-state index >= 15 is 0 Å². The molecule has 4 heteroatoms. The molecule has 116 valence electrons. The Labute approximate surface area is 129 Å². The van der Waals surface area contributed by atoms with Crippen LogP contribution in [0.15, 0.2) is 30.7 Å². The van der Waals surface area contributed by atoms with Crippen LogP contribution >= 0.6 is 0 Å². The van der Waals surface area contributed by atoms with Crippen molar-refractivity contribution in [2.45, 2.75) is 50.7 Å². The molecular weight excluding hydrogens is 279 g/mol. The summed E-state index contributed by atoms with van der Waals surface area (Å²) in [6, 6.07) is 5.39. The highest BCUT2D eigenvalue weighted by molar-refractivity contribution is 5.69. The topological polar surface area (TPSA) is 38.1 Å². The Balaban J connectivity index is 1.55. The van der Waals surface area contributed by atoms with E-state index in [1.165, 1.54) is 0 Å². The second-order valence-electron chi connectivity index (χ2n) is 6.65. The van der Waals surface area contributed by atoms with Crippen LogP contribution in [0.2, 0.25) is 0 Å². The first-order valence-corrected chi connectivity index (χ1v) is 8.22. The summed E-state index contributed by atoms with van der Waals surface area (Å²) in [6.45, 7) is 0. The highest BCUT2D eigenvalue weighted by Crippen LogP contribution is 2.43. The number of aliphatic hydroxyl groups is 1. The fourth-order valence-electron chi connectivity index (χ4n) is 4.11. The molecule has 1 aliphatic carbocycles. The van der Waals surface area contributed by atoms with Crippen molar-refractivity contribution in [2.24, 2.45) is 5.92 Å². The Morgan fingerprint density at radius 1 is 1.18 bits per heavy atom. The SMILES string of the molecule is OC1CCC(CC[C@H]2c3c(F)cccc3-c3cncn32)CC1. The van der Waals surface area contributed by atoms with Crippen LogP contribution in [-0.2, 0) is 0 Å². The largest absolute Gasteiger partial charge is 0.393 e. The minimum absolute atomic E-state index is 0.0700. The molecule has 2 heterocycles. The average molecular weight is 300 g/mol. The van der Waals surface area contributed by atoms with Crippen molar-refractivity contribution in [1.29, 1.82) is 0 Å². The molecule has 0 spiro atoms. The first-order valence-electron chi connectivity index (χ1n) is 8.22. The molecule has 0 saturated heterocycles. The monoisotopic (exact) mass is 300 g/mol. The van der Waals surface area contributed by atoms with E-state index in [0.717, 1.165) is 55.3 Å². The van der Waals surface area contributed by atoms with Crippen molar-refractivity contribution in [3.63, 3.8) is 0 Å². The predicted octanol–water partition coefficient (Wildman–Crippen LogP) is 3.92. The lowest BCUT2D eigenvalue weighted by Crippen LogP contribution is -2.19. The smallest absolute Gasteiger partial charge is 0.129 e. The van der Waals surface area contributed by atoms with E-state index in [1.54, 1.807) is 12.1 Å². The highest BCUT2D eigenvalue weighted by atomic mass is 19.1. The van der Waals surface area contributed by atoms with Gasteiger partial charge in [-0.15, -0.1) is 0 Å². The van der Waals surface area contributed by atoms with Gasteiger partial charge in [0, 0.05) is 11.1 Å². The number of nitrogens with zero attached hydrogens (tertiary/aromatic N) is 2. The molecule has 1 aliphatic heterocycles. The van der Waals surface area contributed by atoms with Gasteiger partial charge in [0.2, 0.25) is 0 Å². The van der Waals surface area contributed by atoms with Gasteiger partial charge in [0.25, 0.3) is 0 Å². The Hall–Kier alpha value is -1.68. The molecule has 1 fully saturated rings. The molecule has 0 amide bonds. The predicted molar refractivity (Wildman–Crippen MR) is 83.0 cm³/mol. The molecule has 0 bridgehead atoms. The molecule has 22 heavy (non-hydrogen) atoms. The van der Waals surface area contributed by atoms with E-state index in [9.17, 15) is 9.50 Å². The first kappa shape index (κ1) is 13.9. The molecular formula is C18H21FN2O. The number of halogens is 1. The minimum atomic E-state index is -0.110. The number of aliphatic hydroxyl groups excluding tert-OH is 1. The van der Waals surface area contributed by atoms with Crippen LogP contribution in [0, 0.1) is 11.7 Å². The Morgan fingerprint density at radius 3 is 2.82 bits per heavy atom. The Kier molecular flexibility index (Phi) is 3.49. The second-order valence-corrected chi connectivity index (χ2v) is 6.65. The third-order valence-electron chi connectivity index (χ3n) is 5.33. The molecule has 3 nitrogen and oxygen atoms in total. The molecule has 1 N–H and O–H groups in total. The standard InChI is InChI=1S/C18H21FN2O/c19-15-3-1-2-14-17-10-20-11-21(17)16(18(14)15)9-6-12-4-7-13(22)8-5-12/h1-3,10-13,16,22H,4-9H2/t12?,13?,16-/m0/s1. The van der Waals surface area contributed by atoms with Crippen molar-refractivity contribution in [3.8, 4) is 11.3 Å². The third kappa shape index (κ3) is 2.26. The summed E-state index contributed by atoms with van der Waals surface area (Å²) in [6.07, 6.45) is 9.58. The quantitative estimate of drug-likeness (QED) is 0.933. The van der Waals surface area contributed by atoms with Gasteiger partial charge in [0.1, 0.15) is 5.82 Å². The van der Waals surface area contributed by atoms with Gasteiger partial charge in [-0.3, -0.25) is 0 Å². The number of aromatic nitrogens is 2. The van der Waals surface area contributed by atoms with Gasteiger partial charge in [0.05, 0.1) is 30.4 Å². The summed E-state index contributed by atoms with van der Waals surface area (Å²) in [7, 11) is 0. The van der Waals surface area contributed by atoms with Crippen LogP contribution in [0.4, 0.5) is 4.39 Å². The Bertz CT molecular complexity index is 673. The summed E-state index contributed by atoms with van der Waals surface area (Å²) in [4.78, 5) is 4.23. The summed E-state index contributed by atoms with van der Waals surface area (Å²) in [5.41, 5.74) is 2.84. The van der Waals surface area contributed by atoms with Crippen molar-refractivity contribution < 1.29 is 9.50 Å². The molecule has 1 aromatic heterocycles. The molecule has 1 aromatic carbocycles. The van der Waals surface area contributed by atoms with E-state index in [4.69, 9.17) is 0 Å². The number of fused-ring (bicyclic) bond motifs is 3. The molecule has 0 unspecified atom stereocenters. The van der Waals surface area contributed by atoms with Gasteiger partial charge in [-0.1, -0.05) is 12.1 Å². The van der Waals surface area contributed by atoms with Gasteiger partial charge in [0.15, 0.2) is 0 Å². The van der Waals surface area contributed by atoms with Crippen molar-refractivity contribution in [1.82, 2.24) is 9.55 Å². The highest BCUT2D eigenvalue weighted by Gasteiger charge is 2.31. The summed E-state index contributed by atoms with van der Waals surface area (Å²) in [5.74, 6) is 0.552. The Morgan fingerprint density at radius 2 is 2.00 bits per heavy atom. The van der Waals surface area contributed by atoms with Crippen LogP contribution < -0.4 is 0 Å². The number of hydrogen-bond acceptors (Lipinski definition) is 2. The zero-order chi connectivity index (χ0) is 15.1. The minimum Gasteiger partial charge on any atom is -0.393 e. The number of rotatable bonds is 3. The molecule has 2 aliphatic rings. The first-order chi connectivity index (χ1) is 10.7. The van der Waals surface area contributed by atoms with Crippen LogP contribution in [0.25, 0.3) is 11.3 Å². The zero-order valence-corrected chi connectivity index (χ0v) is 12.6. The lowest BCUT2D eigenvalue weighted by Gasteiger charge is -2.26. The van der Waals surface area contributed by atoms with E-state index in [1.807, 2.05) is 18.6 Å². The maximum absolute atomic E-state index is 14.3. The van der Waals surface area contributed by atoms with Gasteiger partial charge in [-0.2, -0.15) is 0 Å². The van der Waals surface area contributed by atoms with Crippen LogP contribution in [0.3, 0.4) is 0 Å². The number of benzene rings is 1. The lowest BCUT2D eigenvalue weighted by molar-refractivity contribution is 0.105. The molecule has 2 aromatic rings. The second kappa shape index (κ2) is 5.51. The van der Waals surface area contributed by atoms with E-state index in [-0.39, 0.29) is 18.0 Å². The normalized spacial score (nSPS) is 26.7. The molecule has 4 rings (SSSR count). The summed E-state index contributed by atoms with van der Waals surface area (Å²) in [5, 5.41) is 9.61. The fourth-order valence-corrected chi connectivity index (χ4v) is 4.11. The average Bonchev–Trinajstić information content (AvgIpc) is 3.09. The van der Waals surface area contributed by atoms with Crippen molar-refractivity contribution in [2.75, 3.05) is 0 Å². The summed E-state index contributed by atoms with van der Waals surface area (Å²) >= 11 is 0. The summed E-state index contributed by atoms with van der Waals surface area (Å²) < 4.78 is 16.4. The number of hydrogen-bond donors (Lipinski definition) is 1. The third-order valence-corrected chi connectivity index (χ3v) is 5.33. The van der Waals surface area contributed by atoms with Crippen molar-refractivity contribution in [3.05, 3.63) is 42.1 Å². The van der Waals surface area contributed by atoms with E-state index in [0.29, 0.717) is 5.92 Å². The van der Waals surface area contributed by atoms with Gasteiger partial charge in [-0.25, -0.2) is 9.37 Å². The molecule has 1 atom stereocenters. The van der Waals surface area contributed by atoms with Gasteiger partial charge >= 0.3 is 0 Å². The maximum atomic E-state index is 14.3. The maximum Gasteiger partial charge on any atom is 0.129 e. The van der Waals surface area contributed by atoms with Gasteiger partial charge < -0.3 is 9.67 Å². The van der Waals surface area contributed by atoms with E-state index < -0.39 is 0 Å². The van der Waals surface area contributed by atoms with E-state index in [2.05, 4.69) is 9.55 Å². The number of imidazole rings is 1. The molecule has 0 radical (unpaired) electrons. The van der Waals surface area contributed by atoms with Crippen LogP contribution in [0.5, 0.6) is 0 Å². The fraction of sp³-hybridized carbons (Fsp3) is 0.500. The van der Waals surface area contributed by atoms with Crippen LogP contribution in [-0.4, -0.2) is 20.8 Å².